The predicted molar refractivity (Wildman–Crippen MR) is 69.4 cm³/mol. The van der Waals surface area contributed by atoms with Gasteiger partial charge in [0.15, 0.2) is 0 Å². The molecule has 1 aliphatic heterocycles. The molecule has 2 N–H and O–H groups in total. The number of carbonyl (C=O) groups excluding carboxylic acids is 1. The molecule has 1 heterocycles. The van der Waals surface area contributed by atoms with E-state index >= 15 is 0 Å². The van der Waals surface area contributed by atoms with Crippen molar-refractivity contribution in [3.05, 3.63) is 12.7 Å². The van der Waals surface area contributed by atoms with E-state index in [0.29, 0.717) is 19.4 Å². The number of carboxylic acid groups (broad SMARTS) is 1. The summed E-state index contributed by atoms with van der Waals surface area (Å²) in [5.41, 5.74) is -1.03. The second-order valence-electron chi connectivity index (χ2n) is 4.82. The molecule has 18 heavy (non-hydrogen) atoms. The van der Waals surface area contributed by atoms with E-state index in [4.69, 9.17) is 0 Å². The SMILES string of the molecule is C=CC(C)NC(=O)N1CCCC1(CCC)C(=O)O. The van der Waals surface area contributed by atoms with Gasteiger partial charge in [0, 0.05) is 12.6 Å². The molecule has 0 aromatic rings. The highest BCUT2D eigenvalue weighted by atomic mass is 16.4. The number of carboxylic acids is 1. The largest absolute Gasteiger partial charge is 0.479 e. The van der Waals surface area contributed by atoms with Gasteiger partial charge >= 0.3 is 12.0 Å². The van der Waals surface area contributed by atoms with Gasteiger partial charge in [0.05, 0.1) is 0 Å². The van der Waals surface area contributed by atoms with Crippen LogP contribution in [0.1, 0.15) is 39.5 Å². The molecule has 0 aromatic heterocycles. The van der Waals surface area contributed by atoms with Crippen molar-refractivity contribution >= 4 is 12.0 Å². The van der Waals surface area contributed by atoms with E-state index in [2.05, 4.69) is 11.9 Å². The van der Waals surface area contributed by atoms with Crippen molar-refractivity contribution < 1.29 is 14.7 Å². The Kier molecular flexibility index (Phi) is 4.76. The fourth-order valence-corrected chi connectivity index (χ4v) is 2.51. The first kappa shape index (κ1) is 14.5. The first-order valence-corrected chi connectivity index (χ1v) is 6.42. The monoisotopic (exact) mass is 254 g/mol. The smallest absolute Gasteiger partial charge is 0.329 e. The van der Waals surface area contributed by atoms with Crippen LogP contribution in [0, 0.1) is 0 Å². The molecule has 0 saturated carbocycles. The maximum absolute atomic E-state index is 12.1. The van der Waals surface area contributed by atoms with Crippen molar-refractivity contribution in [2.45, 2.75) is 51.1 Å². The lowest BCUT2D eigenvalue weighted by molar-refractivity contribution is -0.148. The predicted octanol–water partition coefficient (Wildman–Crippen LogP) is 1.99. The van der Waals surface area contributed by atoms with E-state index in [1.807, 2.05) is 13.8 Å². The Hall–Kier alpha value is -1.52. The molecule has 102 valence electrons. The zero-order valence-electron chi connectivity index (χ0n) is 11.1. The van der Waals surface area contributed by atoms with E-state index < -0.39 is 11.5 Å². The molecule has 1 fully saturated rings. The fraction of sp³-hybridized carbons (Fsp3) is 0.692. The lowest BCUT2D eigenvalue weighted by atomic mass is 9.91. The molecule has 2 amide bonds. The van der Waals surface area contributed by atoms with Gasteiger partial charge in [-0.2, -0.15) is 0 Å². The van der Waals surface area contributed by atoms with Gasteiger partial charge in [0.25, 0.3) is 0 Å². The van der Waals surface area contributed by atoms with Gasteiger partial charge < -0.3 is 15.3 Å². The van der Waals surface area contributed by atoms with Crippen LogP contribution in [0.5, 0.6) is 0 Å². The summed E-state index contributed by atoms with van der Waals surface area (Å²) in [6.07, 6.45) is 4.13. The molecule has 1 rings (SSSR count). The van der Waals surface area contributed by atoms with Crippen molar-refractivity contribution in [2.75, 3.05) is 6.54 Å². The molecule has 0 aliphatic carbocycles. The summed E-state index contributed by atoms with van der Waals surface area (Å²) in [4.78, 5) is 25.1. The highest BCUT2D eigenvalue weighted by molar-refractivity contribution is 5.87. The van der Waals surface area contributed by atoms with E-state index in [1.54, 1.807) is 6.08 Å². The Balaban J connectivity index is 2.88. The number of rotatable bonds is 5. The van der Waals surface area contributed by atoms with E-state index in [9.17, 15) is 14.7 Å². The number of aliphatic carboxylic acids is 1. The number of urea groups is 1. The Labute approximate surface area is 108 Å². The normalized spacial score (nSPS) is 24.7. The molecule has 0 spiro atoms. The molecule has 2 atom stereocenters. The van der Waals surface area contributed by atoms with Crippen LogP contribution in [0.4, 0.5) is 4.79 Å². The molecule has 2 unspecified atom stereocenters. The van der Waals surface area contributed by atoms with Gasteiger partial charge in [-0.1, -0.05) is 19.4 Å². The Bertz CT molecular complexity index is 343. The van der Waals surface area contributed by atoms with Crippen molar-refractivity contribution in [1.82, 2.24) is 10.2 Å². The lowest BCUT2D eigenvalue weighted by Crippen LogP contribution is -2.56. The van der Waals surface area contributed by atoms with Crippen molar-refractivity contribution in [1.29, 1.82) is 0 Å². The lowest BCUT2D eigenvalue weighted by Gasteiger charge is -2.35. The highest BCUT2D eigenvalue weighted by Crippen LogP contribution is 2.34. The third-order valence-corrected chi connectivity index (χ3v) is 3.50. The minimum Gasteiger partial charge on any atom is -0.479 e. The topological polar surface area (TPSA) is 69.6 Å². The third kappa shape index (κ3) is 2.66. The number of nitrogens with zero attached hydrogens (tertiary/aromatic N) is 1. The van der Waals surface area contributed by atoms with Gasteiger partial charge in [-0.25, -0.2) is 9.59 Å². The van der Waals surface area contributed by atoms with Crippen LogP contribution in [0.25, 0.3) is 0 Å². The van der Waals surface area contributed by atoms with E-state index in [0.717, 1.165) is 12.8 Å². The van der Waals surface area contributed by atoms with Crippen LogP contribution in [0.15, 0.2) is 12.7 Å². The first-order chi connectivity index (χ1) is 8.47. The van der Waals surface area contributed by atoms with Crippen molar-refractivity contribution in [3.63, 3.8) is 0 Å². The molecule has 0 radical (unpaired) electrons. The number of carbonyl (C=O) groups is 2. The molecular formula is C13H22N2O3. The first-order valence-electron chi connectivity index (χ1n) is 6.42. The average Bonchev–Trinajstić information content (AvgIpc) is 2.74. The van der Waals surface area contributed by atoms with Gasteiger partial charge in [-0.3, -0.25) is 0 Å². The van der Waals surface area contributed by atoms with Crippen LogP contribution >= 0.6 is 0 Å². The second-order valence-corrected chi connectivity index (χ2v) is 4.82. The summed E-state index contributed by atoms with van der Waals surface area (Å²) in [7, 11) is 0. The molecular weight excluding hydrogens is 232 g/mol. The number of likely N-dealkylation sites (tertiary alicyclic amines) is 1. The van der Waals surface area contributed by atoms with Crippen LogP contribution in [-0.2, 0) is 4.79 Å². The quantitative estimate of drug-likeness (QED) is 0.737. The number of amides is 2. The minimum atomic E-state index is -1.03. The Morgan fingerprint density at radius 2 is 2.28 bits per heavy atom. The van der Waals surface area contributed by atoms with Crippen molar-refractivity contribution in [3.8, 4) is 0 Å². The second kappa shape index (κ2) is 5.89. The zero-order chi connectivity index (χ0) is 13.8. The van der Waals surface area contributed by atoms with Crippen LogP contribution in [-0.4, -0.2) is 40.1 Å². The summed E-state index contributed by atoms with van der Waals surface area (Å²) in [6, 6.07) is -0.470. The van der Waals surface area contributed by atoms with Crippen LogP contribution < -0.4 is 5.32 Å². The maximum Gasteiger partial charge on any atom is 0.329 e. The van der Waals surface area contributed by atoms with Gasteiger partial charge in [0.1, 0.15) is 5.54 Å². The third-order valence-electron chi connectivity index (χ3n) is 3.50. The summed E-state index contributed by atoms with van der Waals surface area (Å²) < 4.78 is 0. The zero-order valence-corrected chi connectivity index (χ0v) is 11.1. The Morgan fingerprint density at radius 1 is 1.61 bits per heavy atom. The number of hydrogen-bond acceptors (Lipinski definition) is 2. The van der Waals surface area contributed by atoms with Gasteiger partial charge in [0.2, 0.25) is 0 Å². The summed E-state index contributed by atoms with van der Waals surface area (Å²) in [5.74, 6) is -0.900. The van der Waals surface area contributed by atoms with E-state index in [-0.39, 0.29) is 12.1 Å². The highest BCUT2D eigenvalue weighted by Gasteiger charge is 2.49. The maximum atomic E-state index is 12.1. The molecule has 0 bridgehead atoms. The summed E-state index contributed by atoms with van der Waals surface area (Å²) >= 11 is 0. The molecule has 1 saturated heterocycles. The summed E-state index contributed by atoms with van der Waals surface area (Å²) in [6.45, 7) is 7.85. The Morgan fingerprint density at radius 3 is 2.78 bits per heavy atom. The molecule has 0 aromatic carbocycles. The number of hydrogen-bond donors (Lipinski definition) is 2. The molecule has 5 heteroatoms. The summed E-state index contributed by atoms with van der Waals surface area (Å²) in [5, 5.41) is 12.2. The van der Waals surface area contributed by atoms with Crippen molar-refractivity contribution in [2.24, 2.45) is 0 Å². The minimum absolute atomic E-state index is 0.161. The average molecular weight is 254 g/mol. The van der Waals surface area contributed by atoms with Gasteiger partial charge in [-0.15, -0.1) is 6.58 Å². The van der Waals surface area contributed by atoms with Crippen LogP contribution in [0.3, 0.4) is 0 Å². The molecule has 5 nitrogen and oxygen atoms in total. The molecule has 1 aliphatic rings. The van der Waals surface area contributed by atoms with Gasteiger partial charge in [-0.05, 0) is 26.2 Å². The van der Waals surface area contributed by atoms with E-state index in [1.165, 1.54) is 4.90 Å². The standard InChI is InChI=1S/C13H22N2O3/c1-4-7-13(11(16)17)8-6-9-15(13)12(18)14-10(3)5-2/h5,10H,2,4,6-9H2,1,3H3,(H,14,18)(H,16,17). The number of nitrogens with one attached hydrogen (secondary N) is 1. The fourth-order valence-electron chi connectivity index (χ4n) is 2.51. The van der Waals surface area contributed by atoms with Crippen LogP contribution in [0.2, 0.25) is 0 Å².